The average Bonchev–Trinajstić information content (AvgIpc) is 2.42. The van der Waals surface area contributed by atoms with Gasteiger partial charge in [-0.2, -0.15) is 5.10 Å². The number of nitrogens with one attached hydrogen (secondary N) is 2. The number of hydrazone groups is 1. The van der Waals surface area contributed by atoms with Crippen molar-refractivity contribution in [3.8, 4) is 0 Å². The maximum atomic E-state index is 11.7. The lowest BCUT2D eigenvalue weighted by molar-refractivity contribution is 0.252. The Bertz CT molecular complexity index is 640. The number of carbonyl (C=O) groups excluding carboxylic acids is 1. The molecule has 2 N–H and O–H groups in total. The molecule has 2 rings (SSSR count). The van der Waals surface area contributed by atoms with Crippen molar-refractivity contribution in [2.24, 2.45) is 5.10 Å². The molecule has 21 heavy (non-hydrogen) atoms. The molecule has 2 aromatic carbocycles. The van der Waals surface area contributed by atoms with Gasteiger partial charge in [-0.25, -0.2) is 10.2 Å². The van der Waals surface area contributed by atoms with Gasteiger partial charge >= 0.3 is 6.03 Å². The number of rotatable bonds is 3. The summed E-state index contributed by atoms with van der Waals surface area (Å²) in [4.78, 5) is 11.7. The zero-order chi connectivity index (χ0) is 15.2. The van der Waals surface area contributed by atoms with Crippen molar-refractivity contribution in [1.29, 1.82) is 0 Å². The van der Waals surface area contributed by atoms with Crippen LogP contribution in [0.5, 0.6) is 0 Å². The van der Waals surface area contributed by atoms with Gasteiger partial charge in [-0.1, -0.05) is 35.9 Å². The van der Waals surface area contributed by atoms with Gasteiger partial charge in [0.05, 0.1) is 6.21 Å². The van der Waals surface area contributed by atoms with Crippen LogP contribution in [0.1, 0.15) is 22.3 Å². The Labute approximate surface area is 124 Å². The Morgan fingerprint density at radius 2 is 1.67 bits per heavy atom. The third-order valence-corrected chi connectivity index (χ3v) is 3.13. The normalized spacial score (nSPS) is 10.6. The van der Waals surface area contributed by atoms with Crippen LogP contribution in [0.2, 0.25) is 0 Å². The van der Waals surface area contributed by atoms with Crippen LogP contribution in [-0.2, 0) is 0 Å². The highest BCUT2D eigenvalue weighted by Crippen LogP contribution is 2.14. The molecular weight excluding hydrogens is 262 g/mol. The summed E-state index contributed by atoms with van der Waals surface area (Å²) in [7, 11) is 0. The number of urea groups is 1. The molecule has 0 saturated carbocycles. The van der Waals surface area contributed by atoms with Gasteiger partial charge < -0.3 is 5.32 Å². The molecule has 4 heteroatoms. The van der Waals surface area contributed by atoms with Gasteiger partial charge in [-0.05, 0) is 44.0 Å². The molecule has 0 aliphatic heterocycles. The Morgan fingerprint density at radius 3 is 2.29 bits per heavy atom. The standard InChI is InChI=1S/C17H19N3O/c1-12-9-13(2)16(14(3)10-12)11-18-20-17(21)19-15-7-5-4-6-8-15/h4-11H,1-3H3,(H2,19,20,21)/b18-11-. The fraction of sp³-hybridized carbons (Fsp3) is 0.176. The van der Waals surface area contributed by atoms with Crippen LogP contribution in [0.3, 0.4) is 0 Å². The van der Waals surface area contributed by atoms with E-state index in [2.05, 4.69) is 34.9 Å². The highest BCUT2D eigenvalue weighted by Gasteiger charge is 2.02. The van der Waals surface area contributed by atoms with Gasteiger partial charge in [0.25, 0.3) is 0 Å². The van der Waals surface area contributed by atoms with Crippen LogP contribution in [0.4, 0.5) is 10.5 Å². The van der Waals surface area contributed by atoms with E-state index in [4.69, 9.17) is 0 Å². The number of aryl methyl sites for hydroxylation is 3. The molecule has 0 unspecified atom stereocenters. The number of amides is 2. The van der Waals surface area contributed by atoms with E-state index in [1.54, 1.807) is 6.21 Å². The van der Waals surface area contributed by atoms with E-state index in [0.717, 1.165) is 22.4 Å². The number of nitrogens with zero attached hydrogens (tertiary/aromatic N) is 1. The van der Waals surface area contributed by atoms with Crippen LogP contribution < -0.4 is 10.7 Å². The number of para-hydroxylation sites is 1. The number of hydrogen-bond donors (Lipinski definition) is 2. The highest BCUT2D eigenvalue weighted by molar-refractivity contribution is 5.90. The Morgan fingerprint density at radius 1 is 1.05 bits per heavy atom. The van der Waals surface area contributed by atoms with Gasteiger partial charge in [-0.3, -0.25) is 0 Å². The zero-order valence-corrected chi connectivity index (χ0v) is 12.5. The lowest BCUT2D eigenvalue weighted by Gasteiger charge is -2.07. The second-order valence-electron chi connectivity index (χ2n) is 5.00. The number of hydrogen-bond acceptors (Lipinski definition) is 2. The number of carbonyl (C=O) groups is 1. The summed E-state index contributed by atoms with van der Waals surface area (Å²) >= 11 is 0. The average molecular weight is 281 g/mol. The maximum Gasteiger partial charge on any atom is 0.339 e. The first-order chi connectivity index (χ1) is 10.1. The van der Waals surface area contributed by atoms with Crippen molar-refractivity contribution in [3.63, 3.8) is 0 Å². The summed E-state index contributed by atoms with van der Waals surface area (Å²) < 4.78 is 0. The molecule has 2 aromatic rings. The minimum Gasteiger partial charge on any atom is -0.307 e. The summed E-state index contributed by atoms with van der Waals surface area (Å²) in [5.74, 6) is 0. The quantitative estimate of drug-likeness (QED) is 0.653. The van der Waals surface area contributed by atoms with Gasteiger partial charge in [0.2, 0.25) is 0 Å². The molecule has 0 aromatic heterocycles. The zero-order valence-electron chi connectivity index (χ0n) is 12.5. The number of benzene rings is 2. The number of anilines is 1. The first-order valence-electron chi connectivity index (χ1n) is 6.79. The van der Waals surface area contributed by atoms with Crippen molar-refractivity contribution in [2.75, 3.05) is 5.32 Å². The van der Waals surface area contributed by atoms with Crippen LogP contribution in [-0.4, -0.2) is 12.2 Å². The summed E-state index contributed by atoms with van der Waals surface area (Å²) in [6, 6.07) is 13.1. The molecule has 0 bridgehead atoms. The maximum absolute atomic E-state index is 11.7. The summed E-state index contributed by atoms with van der Waals surface area (Å²) in [6.07, 6.45) is 1.68. The van der Waals surface area contributed by atoms with Crippen molar-refractivity contribution in [3.05, 3.63) is 64.7 Å². The monoisotopic (exact) mass is 281 g/mol. The summed E-state index contributed by atoms with van der Waals surface area (Å²) in [5.41, 5.74) is 7.73. The molecule has 0 aliphatic carbocycles. The van der Waals surface area contributed by atoms with Crippen LogP contribution in [0.25, 0.3) is 0 Å². The Balaban J connectivity index is 1.98. The van der Waals surface area contributed by atoms with E-state index in [1.165, 1.54) is 5.56 Å². The van der Waals surface area contributed by atoms with E-state index in [1.807, 2.05) is 44.2 Å². The van der Waals surface area contributed by atoms with Crippen LogP contribution in [0, 0.1) is 20.8 Å². The molecule has 0 radical (unpaired) electrons. The molecule has 0 heterocycles. The largest absolute Gasteiger partial charge is 0.339 e. The van der Waals surface area contributed by atoms with E-state index >= 15 is 0 Å². The third-order valence-electron chi connectivity index (χ3n) is 3.13. The highest BCUT2D eigenvalue weighted by atomic mass is 16.2. The first kappa shape index (κ1) is 14.8. The smallest absolute Gasteiger partial charge is 0.307 e. The topological polar surface area (TPSA) is 53.5 Å². The summed E-state index contributed by atoms with van der Waals surface area (Å²) in [6.45, 7) is 6.13. The van der Waals surface area contributed by atoms with Crippen LogP contribution in [0.15, 0.2) is 47.6 Å². The minimum atomic E-state index is -0.361. The lowest BCUT2D eigenvalue weighted by Crippen LogP contribution is -2.24. The van der Waals surface area contributed by atoms with Crippen molar-refractivity contribution in [2.45, 2.75) is 20.8 Å². The SMILES string of the molecule is Cc1cc(C)c(/C=N\NC(=O)Nc2ccccc2)c(C)c1. The third kappa shape index (κ3) is 4.18. The van der Waals surface area contributed by atoms with Crippen molar-refractivity contribution in [1.82, 2.24) is 5.43 Å². The molecule has 0 aliphatic rings. The van der Waals surface area contributed by atoms with Gasteiger partial charge in [0, 0.05) is 11.3 Å². The van der Waals surface area contributed by atoms with Gasteiger partial charge in [-0.15, -0.1) is 0 Å². The molecule has 108 valence electrons. The predicted molar refractivity (Wildman–Crippen MR) is 86.8 cm³/mol. The van der Waals surface area contributed by atoms with E-state index in [-0.39, 0.29) is 6.03 Å². The fourth-order valence-corrected chi connectivity index (χ4v) is 2.23. The molecule has 0 atom stereocenters. The molecule has 4 nitrogen and oxygen atoms in total. The van der Waals surface area contributed by atoms with E-state index < -0.39 is 0 Å². The second-order valence-corrected chi connectivity index (χ2v) is 5.00. The Kier molecular flexibility index (Phi) is 4.72. The molecule has 2 amide bonds. The second kappa shape index (κ2) is 6.70. The Hall–Kier alpha value is -2.62. The van der Waals surface area contributed by atoms with E-state index in [0.29, 0.717) is 0 Å². The molecular formula is C17H19N3O. The minimum absolute atomic E-state index is 0.361. The first-order valence-corrected chi connectivity index (χ1v) is 6.79. The molecule has 0 fully saturated rings. The lowest BCUT2D eigenvalue weighted by atomic mass is 10.0. The van der Waals surface area contributed by atoms with Crippen molar-refractivity contribution < 1.29 is 4.79 Å². The van der Waals surface area contributed by atoms with Gasteiger partial charge in [0.1, 0.15) is 0 Å². The van der Waals surface area contributed by atoms with Gasteiger partial charge in [0.15, 0.2) is 0 Å². The molecule has 0 spiro atoms. The van der Waals surface area contributed by atoms with E-state index in [9.17, 15) is 4.79 Å². The molecule has 0 saturated heterocycles. The van der Waals surface area contributed by atoms with Crippen LogP contribution >= 0.6 is 0 Å². The summed E-state index contributed by atoms with van der Waals surface area (Å²) in [5, 5.41) is 6.70. The fourth-order valence-electron chi connectivity index (χ4n) is 2.23. The predicted octanol–water partition coefficient (Wildman–Crippen LogP) is 3.77. The van der Waals surface area contributed by atoms with Crippen molar-refractivity contribution >= 4 is 17.9 Å².